The maximum atomic E-state index is 12.0. The van der Waals surface area contributed by atoms with Crippen LogP contribution in [-0.4, -0.2) is 67.3 Å². The molecule has 0 unspecified atom stereocenters. The van der Waals surface area contributed by atoms with Gasteiger partial charge in [-0.2, -0.15) is 0 Å². The van der Waals surface area contributed by atoms with Gasteiger partial charge in [0.25, 0.3) is 0 Å². The van der Waals surface area contributed by atoms with Crippen LogP contribution in [0.3, 0.4) is 0 Å². The van der Waals surface area contributed by atoms with Gasteiger partial charge in [-0.3, -0.25) is 9.88 Å². The number of nitrogens with one attached hydrogen (secondary N) is 1. The molecule has 1 saturated heterocycles. The fourth-order valence-electron chi connectivity index (χ4n) is 2.19. The van der Waals surface area contributed by atoms with Crippen molar-refractivity contribution in [1.29, 1.82) is 0 Å². The largest absolute Gasteiger partial charge is 0.379 e. The second kappa shape index (κ2) is 7.95. The number of rotatable bonds is 5. The molecular weight excluding hydrogens is 268 g/mol. The van der Waals surface area contributed by atoms with Gasteiger partial charge in [0, 0.05) is 39.4 Å². The number of carbonyl (C=O) groups excluding carboxylic acids is 1. The van der Waals surface area contributed by atoms with Gasteiger partial charge in [-0.15, -0.1) is 0 Å². The van der Waals surface area contributed by atoms with E-state index in [4.69, 9.17) is 4.74 Å². The van der Waals surface area contributed by atoms with E-state index in [0.717, 1.165) is 44.1 Å². The molecule has 1 aromatic heterocycles. The molecule has 0 bridgehead atoms. The molecular formula is C15H24N4O2. The van der Waals surface area contributed by atoms with E-state index in [2.05, 4.69) is 15.2 Å². The molecule has 0 saturated carbocycles. The second-order valence-corrected chi connectivity index (χ2v) is 5.37. The number of ether oxygens (including phenoxy) is 1. The Morgan fingerprint density at radius 3 is 2.86 bits per heavy atom. The molecule has 1 aliphatic rings. The Hall–Kier alpha value is -1.66. The molecule has 2 amide bonds. The molecule has 0 aromatic carbocycles. The van der Waals surface area contributed by atoms with Crippen molar-refractivity contribution in [2.24, 2.45) is 0 Å². The third-order valence-corrected chi connectivity index (χ3v) is 3.53. The zero-order chi connectivity index (χ0) is 15.1. The summed E-state index contributed by atoms with van der Waals surface area (Å²) < 4.78 is 5.30. The molecule has 1 aromatic rings. The van der Waals surface area contributed by atoms with Crippen molar-refractivity contribution in [3.8, 4) is 0 Å². The highest BCUT2D eigenvalue weighted by Gasteiger charge is 2.12. The van der Waals surface area contributed by atoms with E-state index in [1.54, 1.807) is 11.9 Å². The SMILES string of the molecule is Cc1ccc(CN(C)C(=O)NCCN2CCOCC2)nc1. The smallest absolute Gasteiger partial charge is 0.317 e. The summed E-state index contributed by atoms with van der Waals surface area (Å²) in [6, 6.07) is 3.89. The highest BCUT2D eigenvalue weighted by atomic mass is 16.5. The van der Waals surface area contributed by atoms with Gasteiger partial charge in [0.05, 0.1) is 25.5 Å². The van der Waals surface area contributed by atoms with E-state index in [0.29, 0.717) is 13.1 Å². The number of hydrogen-bond acceptors (Lipinski definition) is 4. The first-order valence-electron chi connectivity index (χ1n) is 7.36. The molecule has 21 heavy (non-hydrogen) atoms. The van der Waals surface area contributed by atoms with Gasteiger partial charge in [0.2, 0.25) is 0 Å². The number of hydrogen-bond donors (Lipinski definition) is 1. The summed E-state index contributed by atoms with van der Waals surface area (Å²) in [4.78, 5) is 20.3. The third kappa shape index (κ3) is 5.32. The third-order valence-electron chi connectivity index (χ3n) is 3.53. The van der Waals surface area contributed by atoms with Crippen molar-refractivity contribution >= 4 is 6.03 Å². The van der Waals surface area contributed by atoms with Crippen LogP contribution in [0.1, 0.15) is 11.3 Å². The van der Waals surface area contributed by atoms with E-state index >= 15 is 0 Å². The molecule has 1 fully saturated rings. The molecule has 6 nitrogen and oxygen atoms in total. The summed E-state index contributed by atoms with van der Waals surface area (Å²) in [6.45, 7) is 7.50. The molecule has 1 aliphatic heterocycles. The first-order valence-corrected chi connectivity index (χ1v) is 7.36. The number of amides is 2. The van der Waals surface area contributed by atoms with Crippen LogP contribution in [0.4, 0.5) is 4.79 Å². The Morgan fingerprint density at radius 1 is 1.43 bits per heavy atom. The molecule has 116 valence electrons. The van der Waals surface area contributed by atoms with E-state index in [1.807, 2.05) is 25.3 Å². The lowest BCUT2D eigenvalue weighted by Gasteiger charge is -2.27. The van der Waals surface area contributed by atoms with Crippen molar-refractivity contribution in [1.82, 2.24) is 20.1 Å². The maximum absolute atomic E-state index is 12.0. The van der Waals surface area contributed by atoms with Crippen molar-refractivity contribution in [3.05, 3.63) is 29.6 Å². The van der Waals surface area contributed by atoms with Crippen LogP contribution in [0.2, 0.25) is 0 Å². The first kappa shape index (κ1) is 15.7. The Kier molecular flexibility index (Phi) is 5.95. The van der Waals surface area contributed by atoms with Crippen LogP contribution >= 0.6 is 0 Å². The van der Waals surface area contributed by atoms with Gasteiger partial charge >= 0.3 is 6.03 Å². The molecule has 0 spiro atoms. The predicted octanol–water partition coefficient (Wildman–Crippen LogP) is 0.864. The maximum Gasteiger partial charge on any atom is 0.317 e. The molecule has 1 N–H and O–H groups in total. The van der Waals surface area contributed by atoms with Crippen molar-refractivity contribution in [3.63, 3.8) is 0 Å². The first-order chi connectivity index (χ1) is 10.1. The lowest BCUT2D eigenvalue weighted by Crippen LogP contribution is -2.44. The Morgan fingerprint density at radius 2 is 2.19 bits per heavy atom. The van der Waals surface area contributed by atoms with Crippen molar-refractivity contribution in [2.45, 2.75) is 13.5 Å². The second-order valence-electron chi connectivity index (χ2n) is 5.37. The minimum absolute atomic E-state index is 0.0642. The van der Waals surface area contributed by atoms with Gasteiger partial charge in [0.1, 0.15) is 0 Å². The topological polar surface area (TPSA) is 57.7 Å². The zero-order valence-corrected chi connectivity index (χ0v) is 12.8. The van der Waals surface area contributed by atoms with Crippen molar-refractivity contribution < 1.29 is 9.53 Å². The highest BCUT2D eigenvalue weighted by molar-refractivity contribution is 5.73. The average Bonchev–Trinajstić information content (AvgIpc) is 2.50. The monoisotopic (exact) mass is 292 g/mol. The molecule has 2 heterocycles. The highest BCUT2D eigenvalue weighted by Crippen LogP contribution is 2.02. The molecule has 0 radical (unpaired) electrons. The molecule has 6 heteroatoms. The van der Waals surface area contributed by atoms with E-state index < -0.39 is 0 Å². The average molecular weight is 292 g/mol. The van der Waals surface area contributed by atoms with Crippen LogP contribution in [-0.2, 0) is 11.3 Å². The summed E-state index contributed by atoms with van der Waals surface area (Å²) in [7, 11) is 1.78. The predicted molar refractivity (Wildman–Crippen MR) is 81.1 cm³/mol. The Labute approximate surface area is 126 Å². The van der Waals surface area contributed by atoms with E-state index in [1.165, 1.54) is 0 Å². The van der Waals surface area contributed by atoms with Crippen LogP contribution in [0, 0.1) is 6.92 Å². The van der Waals surface area contributed by atoms with Gasteiger partial charge < -0.3 is 15.0 Å². The fourth-order valence-corrected chi connectivity index (χ4v) is 2.19. The van der Waals surface area contributed by atoms with Gasteiger partial charge in [-0.1, -0.05) is 6.07 Å². The number of urea groups is 1. The summed E-state index contributed by atoms with van der Waals surface area (Å²) in [6.07, 6.45) is 1.82. The normalized spacial score (nSPS) is 15.7. The fraction of sp³-hybridized carbons (Fsp3) is 0.600. The molecule has 2 rings (SSSR count). The standard InChI is InChI=1S/C15H24N4O2/c1-13-3-4-14(17-11-13)12-18(2)15(20)16-5-6-19-7-9-21-10-8-19/h3-4,11H,5-10,12H2,1-2H3,(H,16,20). The van der Waals surface area contributed by atoms with Gasteiger partial charge in [0.15, 0.2) is 0 Å². The number of aromatic nitrogens is 1. The lowest BCUT2D eigenvalue weighted by atomic mass is 10.3. The summed E-state index contributed by atoms with van der Waals surface area (Å²) in [5.41, 5.74) is 2.02. The summed E-state index contributed by atoms with van der Waals surface area (Å²) in [5, 5.41) is 2.94. The van der Waals surface area contributed by atoms with Crippen LogP contribution in [0.15, 0.2) is 18.3 Å². The lowest BCUT2D eigenvalue weighted by molar-refractivity contribution is 0.0386. The minimum atomic E-state index is -0.0642. The number of pyridine rings is 1. The zero-order valence-electron chi connectivity index (χ0n) is 12.8. The van der Waals surface area contributed by atoms with Gasteiger partial charge in [-0.05, 0) is 18.6 Å². The quantitative estimate of drug-likeness (QED) is 0.874. The molecule has 0 atom stereocenters. The summed E-state index contributed by atoms with van der Waals surface area (Å²) >= 11 is 0. The minimum Gasteiger partial charge on any atom is -0.379 e. The summed E-state index contributed by atoms with van der Waals surface area (Å²) in [5.74, 6) is 0. The van der Waals surface area contributed by atoms with Crippen LogP contribution < -0.4 is 5.32 Å². The van der Waals surface area contributed by atoms with Crippen LogP contribution in [0.25, 0.3) is 0 Å². The Bertz CT molecular complexity index is 443. The van der Waals surface area contributed by atoms with E-state index in [-0.39, 0.29) is 6.03 Å². The van der Waals surface area contributed by atoms with E-state index in [9.17, 15) is 4.79 Å². The van der Waals surface area contributed by atoms with Crippen molar-refractivity contribution in [2.75, 3.05) is 46.4 Å². The Balaban J connectivity index is 1.68. The molecule has 0 aliphatic carbocycles. The number of nitrogens with zero attached hydrogens (tertiary/aromatic N) is 3. The van der Waals surface area contributed by atoms with Crippen LogP contribution in [0.5, 0.6) is 0 Å². The number of morpholine rings is 1. The number of aryl methyl sites for hydroxylation is 1. The number of carbonyl (C=O) groups is 1. The van der Waals surface area contributed by atoms with Gasteiger partial charge in [-0.25, -0.2) is 4.79 Å².